The Labute approximate surface area is 176 Å². The van der Waals surface area contributed by atoms with E-state index >= 15 is 0 Å². The lowest BCUT2D eigenvalue weighted by atomic mass is 9.98. The van der Waals surface area contributed by atoms with Crippen molar-refractivity contribution in [3.63, 3.8) is 0 Å². The first kappa shape index (κ1) is 21.0. The Balaban J connectivity index is 1.76. The molecule has 2 heterocycles. The van der Waals surface area contributed by atoms with E-state index in [9.17, 15) is 25.5 Å². The summed E-state index contributed by atoms with van der Waals surface area (Å²) in [6.07, 6.45) is -4.87. The third-order valence-corrected chi connectivity index (χ3v) is 6.28. The summed E-state index contributed by atoms with van der Waals surface area (Å²) in [5.74, 6) is 0.715. The Morgan fingerprint density at radius 2 is 1.77 bits per heavy atom. The number of rotatable bonds is 5. The molecule has 2 aromatic carbocycles. The highest BCUT2D eigenvalue weighted by atomic mass is 32.2. The first-order valence-electron chi connectivity index (χ1n) is 9.39. The van der Waals surface area contributed by atoms with Gasteiger partial charge in [-0.2, -0.15) is 0 Å². The molecule has 5 atom stereocenters. The lowest BCUT2D eigenvalue weighted by Crippen LogP contribution is -2.56. The van der Waals surface area contributed by atoms with Crippen molar-refractivity contribution >= 4 is 22.7 Å². The number of para-hydroxylation sites is 1. The largest absolute Gasteiger partial charge is 0.506 e. The van der Waals surface area contributed by atoms with E-state index in [1.54, 1.807) is 19.4 Å². The fourth-order valence-corrected chi connectivity index (χ4v) is 4.59. The summed E-state index contributed by atoms with van der Waals surface area (Å²) in [5.41, 5.74) is 0.415. The van der Waals surface area contributed by atoms with E-state index in [1.165, 1.54) is 22.4 Å². The zero-order valence-electron chi connectivity index (χ0n) is 16.1. The lowest BCUT2D eigenvalue weighted by molar-refractivity contribution is -0.250. The average molecular weight is 433 g/mol. The zero-order valence-corrected chi connectivity index (χ0v) is 16.9. The van der Waals surface area contributed by atoms with Crippen molar-refractivity contribution in [3.05, 3.63) is 48.7 Å². The topological polar surface area (TPSA) is 125 Å². The number of methoxy groups -OCH3 is 1. The normalized spacial score (nSPS) is 26.8. The zero-order chi connectivity index (χ0) is 21.4. The second-order valence-electron chi connectivity index (χ2n) is 7.07. The first-order valence-corrected chi connectivity index (χ1v) is 10.2. The number of ether oxygens (including phenoxy) is 2. The Morgan fingerprint density at radius 1 is 1.03 bits per heavy atom. The predicted octanol–water partition coefficient (Wildman–Crippen LogP) is 1.48. The maximum Gasteiger partial charge on any atom is 0.163 e. The summed E-state index contributed by atoms with van der Waals surface area (Å²) in [5, 5.41) is 51.5. The van der Waals surface area contributed by atoms with Gasteiger partial charge in [-0.15, -0.1) is 0 Å². The molecule has 1 fully saturated rings. The second-order valence-corrected chi connectivity index (χ2v) is 8.19. The average Bonchev–Trinajstić information content (AvgIpc) is 3.12. The van der Waals surface area contributed by atoms with Crippen molar-refractivity contribution in [1.82, 2.24) is 4.57 Å². The molecule has 0 radical (unpaired) electrons. The minimum atomic E-state index is -1.51. The van der Waals surface area contributed by atoms with Gasteiger partial charge in [0, 0.05) is 21.4 Å². The van der Waals surface area contributed by atoms with Crippen LogP contribution in [0.4, 0.5) is 0 Å². The van der Waals surface area contributed by atoms with Crippen LogP contribution in [0, 0.1) is 0 Å². The van der Waals surface area contributed by atoms with Crippen molar-refractivity contribution in [2.24, 2.45) is 0 Å². The fourth-order valence-electron chi connectivity index (χ4n) is 3.63. The molecule has 1 aliphatic rings. The third kappa shape index (κ3) is 3.64. The van der Waals surface area contributed by atoms with E-state index < -0.39 is 37.3 Å². The van der Waals surface area contributed by atoms with Crippen LogP contribution in [-0.4, -0.2) is 68.2 Å². The molecule has 30 heavy (non-hydrogen) atoms. The quantitative estimate of drug-likeness (QED) is 0.410. The molecule has 3 aromatic rings. The van der Waals surface area contributed by atoms with Crippen molar-refractivity contribution in [3.8, 4) is 11.5 Å². The minimum Gasteiger partial charge on any atom is -0.506 e. The number of hydrogen-bond acceptors (Lipinski definition) is 8. The highest BCUT2D eigenvalue weighted by Gasteiger charge is 2.44. The summed E-state index contributed by atoms with van der Waals surface area (Å²) in [4.78, 5) is 1.73. The van der Waals surface area contributed by atoms with Crippen molar-refractivity contribution in [2.75, 3.05) is 13.7 Å². The van der Waals surface area contributed by atoms with Crippen LogP contribution in [0.15, 0.2) is 58.5 Å². The van der Waals surface area contributed by atoms with Gasteiger partial charge in [-0.1, -0.05) is 23.9 Å². The van der Waals surface area contributed by atoms with E-state index in [0.29, 0.717) is 5.52 Å². The molecule has 160 valence electrons. The van der Waals surface area contributed by atoms with Crippen LogP contribution in [0.2, 0.25) is 0 Å². The molecule has 0 bridgehead atoms. The molecule has 9 heteroatoms. The van der Waals surface area contributed by atoms with Gasteiger partial charge in [-0.05, 0) is 30.3 Å². The summed E-state index contributed by atoms with van der Waals surface area (Å²) >= 11 is 1.45. The van der Waals surface area contributed by atoms with E-state index in [0.717, 1.165) is 20.9 Å². The lowest BCUT2D eigenvalue weighted by Gasteiger charge is -2.40. The number of aromatic hydroxyl groups is 1. The predicted molar refractivity (Wildman–Crippen MR) is 110 cm³/mol. The molecule has 0 unspecified atom stereocenters. The SMILES string of the molecule is COc1ccc(Sc2cn([C@@H]3O[C@H](CO)[C@@H](O)[C@H](O)[C@H]3O)c3c(O)cccc23)cc1. The Bertz CT molecular complexity index is 1020. The van der Waals surface area contributed by atoms with E-state index in [-0.39, 0.29) is 5.75 Å². The number of hydrogen-bond donors (Lipinski definition) is 5. The van der Waals surface area contributed by atoms with Gasteiger partial charge in [0.2, 0.25) is 0 Å². The molecule has 8 nitrogen and oxygen atoms in total. The highest BCUT2D eigenvalue weighted by molar-refractivity contribution is 7.99. The van der Waals surface area contributed by atoms with E-state index in [1.807, 2.05) is 30.3 Å². The molecule has 1 saturated heterocycles. The molecular weight excluding hydrogens is 410 g/mol. The van der Waals surface area contributed by atoms with Gasteiger partial charge < -0.3 is 39.6 Å². The van der Waals surface area contributed by atoms with Gasteiger partial charge in [0.1, 0.15) is 35.9 Å². The molecule has 4 rings (SSSR count). The summed E-state index contributed by atoms with van der Waals surface area (Å²) in [6.45, 7) is -0.528. The molecule has 5 N–H and O–H groups in total. The summed E-state index contributed by atoms with van der Waals surface area (Å²) in [6, 6.07) is 12.6. The number of aliphatic hydroxyl groups is 4. The van der Waals surface area contributed by atoms with E-state index in [2.05, 4.69) is 0 Å². The van der Waals surface area contributed by atoms with Crippen LogP contribution in [0.1, 0.15) is 6.23 Å². The van der Waals surface area contributed by atoms with Gasteiger partial charge in [-0.25, -0.2) is 0 Å². The third-order valence-electron chi connectivity index (χ3n) is 5.22. The minimum absolute atomic E-state index is 0.0222. The van der Waals surface area contributed by atoms with Gasteiger partial charge >= 0.3 is 0 Å². The van der Waals surface area contributed by atoms with Crippen LogP contribution in [-0.2, 0) is 4.74 Å². The van der Waals surface area contributed by atoms with Crippen LogP contribution < -0.4 is 4.74 Å². The van der Waals surface area contributed by atoms with Crippen LogP contribution in [0.25, 0.3) is 10.9 Å². The molecule has 0 spiro atoms. The Kier molecular flexibility index (Phi) is 5.92. The van der Waals surface area contributed by atoms with Gasteiger partial charge in [0.15, 0.2) is 6.23 Å². The van der Waals surface area contributed by atoms with Crippen molar-refractivity contribution in [2.45, 2.75) is 40.4 Å². The van der Waals surface area contributed by atoms with Crippen LogP contribution in [0.3, 0.4) is 0 Å². The number of nitrogens with zero attached hydrogens (tertiary/aromatic N) is 1. The van der Waals surface area contributed by atoms with Crippen LogP contribution >= 0.6 is 11.8 Å². The number of fused-ring (bicyclic) bond motifs is 1. The molecule has 1 aromatic heterocycles. The number of benzene rings is 2. The van der Waals surface area contributed by atoms with Gasteiger partial charge in [-0.3, -0.25) is 0 Å². The maximum atomic E-state index is 10.5. The van der Waals surface area contributed by atoms with E-state index in [4.69, 9.17) is 9.47 Å². The highest BCUT2D eigenvalue weighted by Crippen LogP contribution is 2.41. The molecule has 0 amide bonds. The standard InChI is InChI=1S/C21H23NO7S/c1-28-11-5-7-12(8-6-11)30-16-9-22(17-13(16)3-2-4-14(17)24)21-20(27)19(26)18(25)15(10-23)29-21/h2-9,15,18-21,23-27H,10H2,1H3/t15-,18-,19+,20-,21-/m1/s1. The number of phenols is 1. The molecular formula is C21H23NO7S. The Hall–Kier alpha value is -2.27. The first-order chi connectivity index (χ1) is 14.4. The smallest absolute Gasteiger partial charge is 0.163 e. The van der Waals surface area contributed by atoms with Crippen molar-refractivity contribution in [1.29, 1.82) is 0 Å². The Morgan fingerprint density at radius 3 is 2.43 bits per heavy atom. The van der Waals surface area contributed by atoms with Crippen LogP contribution in [0.5, 0.6) is 11.5 Å². The summed E-state index contributed by atoms with van der Waals surface area (Å²) in [7, 11) is 1.60. The van der Waals surface area contributed by atoms with Gasteiger partial charge in [0.05, 0.1) is 19.2 Å². The number of aromatic nitrogens is 1. The molecule has 0 saturated carbocycles. The van der Waals surface area contributed by atoms with Gasteiger partial charge in [0.25, 0.3) is 0 Å². The number of phenolic OH excluding ortho intramolecular Hbond substituents is 1. The maximum absolute atomic E-state index is 10.5. The second kappa shape index (κ2) is 8.46. The monoisotopic (exact) mass is 433 g/mol. The van der Waals surface area contributed by atoms with Crippen molar-refractivity contribution < 1.29 is 35.0 Å². The fraction of sp³-hybridized carbons (Fsp3) is 0.333. The number of aliphatic hydroxyl groups excluding tert-OH is 4. The molecule has 0 aliphatic carbocycles. The summed E-state index contributed by atoms with van der Waals surface area (Å²) < 4.78 is 12.4. The molecule has 1 aliphatic heterocycles.